The first-order chi connectivity index (χ1) is 13.6. The molecule has 28 heavy (non-hydrogen) atoms. The highest BCUT2D eigenvalue weighted by Gasteiger charge is 2.33. The van der Waals surface area contributed by atoms with E-state index in [4.69, 9.17) is 4.74 Å². The van der Waals surface area contributed by atoms with Crippen LogP contribution in [0.3, 0.4) is 0 Å². The molecule has 2 atom stereocenters. The maximum absolute atomic E-state index is 5.35. The predicted molar refractivity (Wildman–Crippen MR) is 117 cm³/mol. The number of nitrogens with zero attached hydrogens (tertiary/aromatic N) is 2. The van der Waals surface area contributed by atoms with Gasteiger partial charge in [0.05, 0.1) is 18.9 Å². The van der Waals surface area contributed by atoms with Crippen molar-refractivity contribution in [1.82, 2.24) is 15.5 Å². The standard InChI is InChI=1S/C21H26N4O.C2H6/c1-14-10-16(8-9-22-14)15(2)19-17-6-4-5-7-18(17)20(25-24-19)23-11-21(3)12-26-13-21;1-2/h4-10,14-15,22H,11-13H2,1-3H3,(H,23,25);1-2H3. The van der Waals surface area contributed by atoms with Crippen LogP contribution in [0.2, 0.25) is 0 Å². The number of hydrogen-bond donors (Lipinski definition) is 2. The van der Waals surface area contributed by atoms with E-state index in [9.17, 15) is 0 Å². The molecule has 0 aliphatic carbocycles. The summed E-state index contributed by atoms with van der Waals surface area (Å²) in [5.74, 6) is 1.05. The minimum Gasteiger partial charge on any atom is -0.385 e. The molecule has 4 rings (SSSR count). The van der Waals surface area contributed by atoms with Crippen LogP contribution >= 0.6 is 0 Å². The first-order valence-electron chi connectivity index (χ1n) is 10.3. The first-order valence-corrected chi connectivity index (χ1v) is 10.3. The van der Waals surface area contributed by atoms with Gasteiger partial charge in [-0.1, -0.05) is 58.0 Å². The van der Waals surface area contributed by atoms with Crippen LogP contribution < -0.4 is 10.6 Å². The molecule has 1 aromatic heterocycles. The van der Waals surface area contributed by atoms with Crippen molar-refractivity contribution in [2.24, 2.45) is 5.41 Å². The van der Waals surface area contributed by atoms with Crippen LogP contribution in [-0.2, 0) is 4.74 Å². The van der Waals surface area contributed by atoms with Gasteiger partial charge in [0.2, 0.25) is 0 Å². The van der Waals surface area contributed by atoms with E-state index in [1.165, 1.54) is 5.57 Å². The van der Waals surface area contributed by atoms with Crippen molar-refractivity contribution in [1.29, 1.82) is 0 Å². The summed E-state index contributed by atoms with van der Waals surface area (Å²) in [5.41, 5.74) is 2.49. The van der Waals surface area contributed by atoms with Gasteiger partial charge in [-0.3, -0.25) is 0 Å². The number of hydrogen-bond acceptors (Lipinski definition) is 5. The fraction of sp³-hybridized carbons (Fsp3) is 0.478. The second-order valence-electron chi connectivity index (χ2n) is 7.81. The molecule has 0 bridgehead atoms. The summed E-state index contributed by atoms with van der Waals surface area (Å²) in [7, 11) is 0. The van der Waals surface area contributed by atoms with Crippen LogP contribution in [0.15, 0.2) is 48.2 Å². The quantitative estimate of drug-likeness (QED) is 0.791. The van der Waals surface area contributed by atoms with Crippen LogP contribution in [-0.4, -0.2) is 36.0 Å². The first kappa shape index (κ1) is 20.3. The van der Waals surface area contributed by atoms with E-state index >= 15 is 0 Å². The Morgan fingerprint density at radius 1 is 1.21 bits per heavy atom. The highest BCUT2D eigenvalue weighted by atomic mass is 16.5. The Bertz CT molecular complexity index is 870. The molecular formula is C23H32N4O. The van der Waals surface area contributed by atoms with Crippen molar-refractivity contribution in [2.75, 3.05) is 25.1 Å². The molecule has 0 spiro atoms. The zero-order valence-electron chi connectivity index (χ0n) is 17.6. The SMILES string of the molecule is CC.CC1C=C(C(C)c2nnc(NCC3(C)COC3)c3ccccc23)C=CN1. The number of anilines is 1. The molecule has 2 unspecified atom stereocenters. The lowest BCUT2D eigenvalue weighted by atomic mass is 9.88. The zero-order valence-corrected chi connectivity index (χ0v) is 17.6. The molecule has 2 aromatic rings. The molecule has 1 fully saturated rings. The number of fused-ring (bicyclic) bond motifs is 1. The summed E-state index contributed by atoms with van der Waals surface area (Å²) in [6.07, 6.45) is 6.40. The molecule has 0 saturated carbocycles. The van der Waals surface area contributed by atoms with E-state index in [1.807, 2.05) is 20.0 Å². The van der Waals surface area contributed by atoms with Crippen LogP contribution in [0.25, 0.3) is 10.8 Å². The van der Waals surface area contributed by atoms with Gasteiger partial charge in [0, 0.05) is 34.7 Å². The molecule has 2 aliphatic rings. The summed E-state index contributed by atoms with van der Waals surface area (Å²) >= 11 is 0. The predicted octanol–water partition coefficient (Wildman–Crippen LogP) is 4.64. The maximum atomic E-state index is 5.35. The Hall–Kier alpha value is -2.40. The molecule has 150 valence electrons. The Labute approximate surface area is 168 Å². The van der Waals surface area contributed by atoms with Crippen LogP contribution in [0, 0.1) is 5.41 Å². The van der Waals surface area contributed by atoms with Crippen molar-refractivity contribution >= 4 is 16.6 Å². The fourth-order valence-corrected chi connectivity index (χ4v) is 3.56. The van der Waals surface area contributed by atoms with Crippen LogP contribution in [0.5, 0.6) is 0 Å². The van der Waals surface area contributed by atoms with Crippen molar-refractivity contribution in [3.05, 3.63) is 53.9 Å². The zero-order chi connectivity index (χ0) is 20.1. The van der Waals surface area contributed by atoms with Gasteiger partial charge in [-0.05, 0) is 24.8 Å². The van der Waals surface area contributed by atoms with Crippen molar-refractivity contribution < 1.29 is 4.74 Å². The Morgan fingerprint density at radius 3 is 2.57 bits per heavy atom. The van der Waals surface area contributed by atoms with Gasteiger partial charge in [0.25, 0.3) is 0 Å². The van der Waals surface area contributed by atoms with Crippen LogP contribution in [0.4, 0.5) is 5.82 Å². The molecule has 1 saturated heterocycles. The molecule has 5 heteroatoms. The Morgan fingerprint density at radius 2 is 1.93 bits per heavy atom. The second kappa shape index (κ2) is 8.74. The third-order valence-corrected chi connectivity index (χ3v) is 5.29. The molecule has 2 N–H and O–H groups in total. The molecule has 3 heterocycles. The number of aromatic nitrogens is 2. The summed E-state index contributed by atoms with van der Waals surface area (Å²) in [6, 6.07) is 8.73. The minimum absolute atomic E-state index is 0.190. The summed E-state index contributed by atoms with van der Waals surface area (Å²) in [4.78, 5) is 0. The van der Waals surface area contributed by atoms with Gasteiger partial charge in [-0.25, -0.2) is 0 Å². The van der Waals surface area contributed by atoms with Crippen molar-refractivity contribution in [2.45, 2.75) is 46.6 Å². The fourth-order valence-electron chi connectivity index (χ4n) is 3.56. The van der Waals surface area contributed by atoms with E-state index in [2.05, 4.69) is 78.0 Å². The lowest BCUT2D eigenvalue weighted by Gasteiger charge is -2.38. The van der Waals surface area contributed by atoms with Crippen molar-refractivity contribution in [3.63, 3.8) is 0 Å². The van der Waals surface area contributed by atoms with Crippen LogP contribution in [0.1, 0.15) is 46.2 Å². The average molecular weight is 381 g/mol. The lowest BCUT2D eigenvalue weighted by molar-refractivity contribution is -0.0924. The highest BCUT2D eigenvalue weighted by molar-refractivity contribution is 5.93. The molecule has 0 radical (unpaired) electrons. The molecule has 5 nitrogen and oxygen atoms in total. The van der Waals surface area contributed by atoms with E-state index in [0.29, 0.717) is 6.04 Å². The van der Waals surface area contributed by atoms with E-state index in [1.54, 1.807) is 0 Å². The van der Waals surface area contributed by atoms with Gasteiger partial charge in [-0.15, -0.1) is 5.10 Å². The van der Waals surface area contributed by atoms with Gasteiger partial charge in [-0.2, -0.15) is 5.10 Å². The van der Waals surface area contributed by atoms with E-state index < -0.39 is 0 Å². The molecular weight excluding hydrogens is 348 g/mol. The second-order valence-corrected chi connectivity index (χ2v) is 7.81. The number of rotatable bonds is 5. The third-order valence-electron chi connectivity index (χ3n) is 5.29. The van der Waals surface area contributed by atoms with Gasteiger partial charge < -0.3 is 15.4 Å². The van der Waals surface area contributed by atoms with Crippen molar-refractivity contribution in [3.8, 4) is 0 Å². The largest absolute Gasteiger partial charge is 0.385 e. The third kappa shape index (κ3) is 4.20. The molecule has 1 aromatic carbocycles. The van der Waals surface area contributed by atoms with Gasteiger partial charge >= 0.3 is 0 Å². The lowest BCUT2D eigenvalue weighted by Crippen LogP contribution is -2.45. The number of allylic oxidation sites excluding steroid dienone is 2. The summed E-state index contributed by atoms with van der Waals surface area (Å²) in [5, 5.41) is 18.2. The van der Waals surface area contributed by atoms with Gasteiger partial charge in [0.15, 0.2) is 5.82 Å². The highest BCUT2D eigenvalue weighted by Crippen LogP contribution is 2.33. The minimum atomic E-state index is 0.190. The molecule has 0 amide bonds. The van der Waals surface area contributed by atoms with E-state index in [0.717, 1.165) is 42.0 Å². The average Bonchev–Trinajstić information content (AvgIpc) is 2.71. The summed E-state index contributed by atoms with van der Waals surface area (Å²) in [6.45, 7) is 13.0. The normalized spacial score (nSPS) is 20.9. The number of benzene rings is 1. The number of ether oxygens (including phenoxy) is 1. The smallest absolute Gasteiger partial charge is 0.156 e. The monoisotopic (exact) mass is 380 g/mol. The van der Waals surface area contributed by atoms with E-state index in [-0.39, 0.29) is 11.3 Å². The Kier molecular flexibility index (Phi) is 6.35. The van der Waals surface area contributed by atoms with Gasteiger partial charge in [0.1, 0.15) is 0 Å². The maximum Gasteiger partial charge on any atom is 0.156 e. The Balaban J connectivity index is 0.00000109. The number of dihydropyridines is 1. The molecule has 2 aliphatic heterocycles. The number of nitrogens with one attached hydrogen (secondary N) is 2. The summed E-state index contributed by atoms with van der Waals surface area (Å²) < 4.78 is 5.35. The topological polar surface area (TPSA) is 59.1 Å².